The van der Waals surface area contributed by atoms with Crippen LogP contribution in [-0.4, -0.2) is 30.9 Å². The number of rotatable bonds is 5. The highest BCUT2D eigenvalue weighted by molar-refractivity contribution is 7.91. The molecule has 19 heavy (non-hydrogen) atoms. The van der Waals surface area contributed by atoms with E-state index in [9.17, 15) is 21.6 Å². The molecule has 1 aromatic rings. The summed E-state index contributed by atoms with van der Waals surface area (Å²) in [5, 5.41) is 2.80. The van der Waals surface area contributed by atoms with Gasteiger partial charge in [0.25, 0.3) is 0 Å². The number of aromatic nitrogens is 1. The van der Waals surface area contributed by atoms with Gasteiger partial charge >= 0.3 is 6.18 Å². The van der Waals surface area contributed by atoms with Crippen LogP contribution in [-0.2, 0) is 16.0 Å². The van der Waals surface area contributed by atoms with Crippen LogP contribution in [0.15, 0.2) is 18.3 Å². The Labute approximate surface area is 110 Å². The van der Waals surface area contributed by atoms with Crippen molar-refractivity contribution in [2.45, 2.75) is 26.1 Å². The van der Waals surface area contributed by atoms with E-state index in [-0.39, 0.29) is 11.5 Å². The van der Waals surface area contributed by atoms with Crippen molar-refractivity contribution in [2.75, 3.05) is 16.8 Å². The first-order valence-electron chi connectivity index (χ1n) is 5.64. The zero-order valence-electron chi connectivity index (χ0n) is 10.5. The summed E-state index contributed by atoms with van der Waals surface area (Å²) in [5.74, 6) is -0.0468. The second kappa shape index (κ2) is 5.77. The minimum absolute atomic E-state index is 0.0320. The number of anilines is 1. The number of nitrogens with one attached hydrogen (secondary N) is 1. The molecule has 0 aliphatic rings. The summed E-state index contributed by atoms with van der Waals surface area (Å²) in [5.41, 5.74) is -0.626. The number of hydrogen-bond acceptors (Lipinski definition) is 4. The lowest BCUT2D eigenvalue weighted by molar-refractivity contribution is -0.141. The van der Waals surface area contributed by atoms with E-state index in [0.717, 1.165) is 12.3 Å². The number of nitrogens with zero attached hydrogens (tertiary/aromatic N) is 1. The Morgan fingerprint density at radius 3 is 2.42 bits per heavy atom. The Bertz CT molecular complexity index is 512. The summed E-state index contributed by atoms with van der Waals surface area (Å²) in [7, 11) is -3.13. The van der Waals surface area contributed by atoms with Crippen LogP contribution >= 0.6 is 0 Å². The third kappa shape index (κ3) is 5.06. The van der Waals surface area contributed by atoms with E-state index in [0.29, 0.717) is 5.69 Å². The van der Waals surface area contributed by atoms with E-state index in [4.69, 9.17) is 0 Å². The number of alkyl halides is 3. The minimum atomic E-state index is -4.48. The van der Waals surface area contributed by atoms with Gasteiger partial charge in [0, 0.05) is 11.8 Å². The van der Waals surface area contributed by atoms with Crippen molar-refractivity contribution in [3.63, 3.8) is 0 Å². The third-order valence-electron chi connectivity index (χ3n) is 2.41. The molecule has 8 heteroatoms. The second-order valence-electron chi connectivity index (χ2n) is 4.17. The molecule has 0 spiro atoms. The second-order valence-corrected chi connectivity index (χ2v) is 6.57. The molecule has 108 valence electrons. The predicted octanol–water partition coefficient (Wildman–Crippen LogP) is 2.34. The van der Waals surface area contributed by atoms with Crippen molar-refractivity contribution in [1.82, 2.24) is 4.98 Å². The summed E-state index contributed by atoms with van der Waals surface area (Å²) in [6.45, 7) is 3.19. The van der Waals surface area contributed by atoms with E-state index < -0.39 is 27.7 Å². The van der Waals surface area contributed by atoms with Gasteiger partial charge in [0.2, 0.25) is 0 Å². The maximum absolute atomic E-state index is 12.3. The number of halogens is 3. The van der Waals surface area contributed by atoms with Crippen molar-refractivity contribution >= 4 is 15.5 Å². The lowest BCUT2D eigenvalue weighted by Crippen LogP contribution is -2.26. The van der Waals surface area contributed by atoms with Crippen LogP contribution in [0.5, 0.6) is 0 Å². The Balaban J connectivity index is 2.69. The molecule has 1 rings (SSSR count). The molecular formula is C11H15F3N2O2S. The average Bonchev–Trinajstić information content (AvgIpc) is 2.27. The summed E-state index contributed by atoms with van der Waals surface area (Å²) in [6, 6.07) is 1.68. The van der Waals surface area contributed by atoms with E-state index in [1.807, 2.05) is 0 Å². The van der Waals surface area contributed by atoms with Crippen LogP contribution in [0, 0.1) is 0 Å². The van der Waals surface area contributed by atoms with Gasteiger partial charge in [-0.05, 0) is 19.1 Å². The van der Waals surface area contributed by atoms with Crippen molar-refractivity contribution in [2.24, 2.45) is 0 Å². The predicted molar refractivity (Wildman–Crippen MR) is 66.7 cm³/mol. The molecule has 1 unspecified atom stereocenters. The van der Waals surface area contributed by atoms with Crippen molar-refractivity contribution in [3.8, 4) is 0 Å². The van der Waals surface area contributed by atoms with E-state index in [1.54, 1.807) is 13.8 Å². The van der Waals surface area contributed by atoms with E-state index in [2.05, 4.69) is 10.3 Å². The summed E-state index contributed by atoms with van der Waals surface area (Å²) in [4.78, 5) is 3.28. The van der Waals surface area contributed by atoms with Gasteiger partial charge in [0.15, 0.2) is 9.84 Å². The molecule has 1 heterocycles. The highest BCUT2D eigenvalue weighted by Crippen LogP contribution is 2.27. The highest BCUT2D eigenvalue weighted by atomic mass is 32.2. The topological polar surface area (TPSA) is 59.1 Å². The molecule has 0 bridgehead atoms. The molecule has 0 fully saturated rings. The fraction of sp³-hybridized carbons (Fsp3) is 0.545. The molecule has 0 saturated heterocycles. The number of hydrogen-bond donors (Lipinski definition) is 1. The van der Waals surface area contributed by atoms with Crippen LogP contribution < -0.4 is 5.32 Å². The monoisotopic (exact) mass is 296 g/mol. The fourth-order valence-electron chi connectivity index (χ4n) is 1.47. The minimum Gasteiger partial charge on any atom is -0.380 e. The molecule has 1 aromatic heterocycles. The summed E-state index contributed by atoms with van der Waals surface area (Å²) in [6.07, 6.45) is -3.44. The number of sulfone groups is 1. The normalized spacial score (nSPS) is 14.2. The zero-order valence-corrected chi connectivity index (χ0v) is 11.3. The van der Waals surface area contributed by atoms with Crippen LogP contribution in [0.1, 0.15) is 19.5 Å². The van der Waals surface area contributed by atoms with Crippen molar-refractivity contribution in [1.29, 1.82) is 0 Å². The molecule has 0 saturated carbocycles. The Morgan fingerprint density at radius 1 is 1.37 bits per heavy atom. The molecule has 1 N–H and O–H groups in total. The van der Waals surface area contributed by atoms with Gasteiger partial charge in [-0.15, -0.1) is 0 Å². The average molecular weight is 296 g/mol. The Morgan fingerprint density at radius 2 is 2.00 bits per heavy atom. The lowest BCUT2D eigenvalue weighted by atomic mass is 10.3. The van der Waals surface area contributed by atoms with Crippen LogP contribution in [0.2, 0.25) is 0 Å². The van der Waals surface area contributed by atoms with Gasteiger partial charge in [-0.25, -0.2) is 13.4 Å². The zero-order chi connectivity index (χ0) is 14.7. The standard InChI is InChI=1S/C11H15F3N2O2S/c1-3-19(17,18)7-8(2)16-9-4-5-10(15-6-9)11(12,13)14/h4-6,8,16H,3,7H2,1-2H3. The molecule has 4 nitrogen and oxygen atoms in total. The maximum Gasteiger partial charge on any atom is 0.433 e. The smallest absolute Gasteiger partial charge is 0.380 e. The number of pyridine rings is 1. The summed E-state index contributed by atoms with van der Waals surface area (Å²) >= 11 is 0. The molecule has 0 amide bonds. The first-order valence-corrected chi connectivity index (χ1v) is 7.46. The lowest BCUT2D eigenvalue weighted by Gasteiger charge is -2.15. The van der Waals surface area contributed by atoms with Gasteiger partial charge < -0.3 is 5.32 Å². The molecule has 0 radical (unpaired) electrons. The molecule has 0 aromatic carbocycles. The quantitative estimate of drug-likeness (QED) is 0.906. The van der Waals surface area contributed by atoms with Crippen molar-refractivity contribution in [3.05, 3.63) is 24.0 Å². The maximum atomic E-state index is 12.3. The molecule has 0 aliphatic carbocycles. The van der Waals surface area contributed by atoms with Gasteiger partial charge in [0.05, 0.1) is 17.6 Å². The third-order valence-corrected chi connectivity index (χ3v) is 4.30. The molecule has 0 aliphatic heterocycles. The van der Waals surface area contributed by atoms with E-state index in [1.165, 1.54) is 6.07 Å². The molecular weight excluding hydrogens is 281 g/mol. The van der Waals surface area contributed by atoms with Crippen LogP contribution in [0.25, 0.3) is 0 Å². The Kier molecular flexibility index (Phi) is 4.78. The first kappa shape index (κ1) is 15.7. The SMILES string of the molecule is CCS(=O)(=O)CC(C)Nc1ccc(C(F)(F)F)nc1. The summed E-state index contributed by atoms with van der Waals surface area (Å²) < 4.78 is 59.6. The fourth-order valence-corrected chi connectivity index (χ4v) is 2.55. The van der Waals surface area contributed by atoms with Gasteiger partial charge in [-0.3, -0.25) is 0 Å². The van der Waals surface area contributed by atoms with Gasteiger partial charge in [-0.1, -0.05) is 6.92 Å². The van der Waals surface area contributed by atoms with Crippen molar-refractivity contribution < 1.29 is 21.6 Å². The van der Waals surface area contributed by atoms with Gasteiger partial charge in [-0.2, -0.15) is 13.2 Å². The van der Waals surface area contributed by atoms with Gasteiger partial charge in [0.1, 0.15) is 5.69 Å². The molecule has 1 atom stereocenters. The van der Waals surface area contributed by atoms with Crippen LogP contribution in [0.3, 0.4) is 0 Å². The van der Waals surface area contributed by atoms with E-state index >= 15 is 0 Å². The Hall–Kier alpha value is -1.31. The van der Waals surface area contributed by atoms with Crippen LogP contribution in [0.4, 0.5) is 18.9 Å². The highest BCUT2D eigenvalue weighted by Gasteiger charge is 2.32. The first-order chi connectivity index (χ1) is 8.64. The largest absolute Gasteiger partial charge is 0.433 e.